The summed E-state index contributed by atoms with van der Waals surface area (Å²) in [5.41, 5.74) is 5.21. The summed E-state index contributed by atoms with van der Waals surface area (Å²) in [4.78, 5) is 32.9. The Morgan fingerprint density at radius 1 is 1.05 bits per heavy atom. The fourth-order valence-electron chi connectivity index (χ4n) is 5.98. The second-order valence-electron chi connectivity index (χ2n) is 10.9. The Labute approximate surface area is 240 Å². The van der Waals surface area contributed by atoms with Gasteiger partial charge in [0.05, 0.1) is 0 Å². The monoisotopic (exact) mass is 548 g/mol. The number of allylic oxidation sites excluding steroid dienone is 4. The zero-order chi connectivity index (χ0) is 28.0. The summed E-state index contributed by atoms with van der Waals surface area (Å²) in [6, 6.07) is 16.4. The van der Waals surface area contributed by atoms with Crippen molar-refractivity contribution in [2.75, 3.05) is 32.7 Å². The van der Waals surface area contributed by atoms with E-state index in [0.29, 0.717) is 18.9 Å². The van der Waals surface area contributed by atoms with Crippen LogP contribution in [0.3, 0.4) is 0 Å². The van der Waals surface area contributed by atoms with Crippen molar-refractivity contribution in [1.29, 1.82) is 0 Å². The molecule has 0 spiro atoms. The Morgan fingerprint density at radius 2 is 1.88 bits per heavy atom. The van der Waals surface area contributed by atoms with E-state index in [1.807, 2.05) is 55.0 Å². The summed E-state index contributed by atoms with van der Waals surface area (Å²) < 4.78 is 5.68. The van der Waals surface area contributed by atoms with Crippen molar-refractivity contribution in [2.45, 2.75) is 31.6 Å². The minimum absolute atomic E-state index is 0.00911. The van der Waals surface area contributed by atoms with E-state index in [1.54, 1.807) is 18.4 Å². The first-order chi connectivity index (χ1) is 20.1. The van der Waals surface area contributed by atoms with E-state index in [2.05, 4.69) is 38.3 Å². The van der Waals surface area contributed by atoms with Crippen LogP contribution >= 0.6 is 0 Å². The smallest absolute Gasteiger partial charge is 0.251 e. The highest BCUT2D eigenvalue weighted by molar-refractivity contribution is 5.96. The predicted octanol–water partition coefficient (Wildman–Crippen LogP) is 5.42. The number of carbonyl (C=O) groups is 2. The number of aromatic nitrogens is 1. The number of hydrogen-bond donors (Lipinski definition) is 2. The molecule has 210 valence electrons. The molecule has 3 aromatic rings. The van der Waals surface area contributed by atoms with E-state index in [1.165, 1.54) is 10.9 Å². The molecule has 0 bridgehead atoms. The largest absolute Gasteiger partial charge is 0.462 e. The van der Waals surface area contributed by atoms with Gasteiger partial charge in [-0.3, -0.25) is 9.59 Å². The average Bonchev–Trinajstić information content (AvgIpc) is 3.43. The minimum atomic E-state index is 0.00911. The van der Waals surface area contributed by atoms with Crippen molar-refractivity contribution in [3.63, 3.8) is 0 Å². The SMILES string of the molecule is O=C1C=CC=C(C2=CN(CCN3CCC(c4ccccc4C(=O)NCCc4c[nH]c5ccccc45)CC3)C=CO2)C1. The second kappa shape index (κ2) is 12.4. The van der Waals surface area contributed by atoms with Crippen molar-refractivity contribution in [2.24, 2.45) is 0 Å². The molecule has 0 atom stereocenters. The number of rotatable bonds is 9. The highest BCUT2D eigenvalue weighted by atomic mass is 16.5. The van der Waals surface area contributed by atoms with Gasteiger partial charge in [-0.1, -0.05) is 48.6 Å². The first-order valence-electron chi connectivity index (χ1n) is 14.5. The molecule has 1 amide bonds. The summed E-state index contributed by atoms with van der Waals surface area (Å²) >= 11 is 0. The molecule has 3 heterocycles. The maximum absolute atomic E-state index is 13.2. The number of para-hydroxylation sites is 1. The normalized spacial score (nSPS) is 17.9. The van der Waals surface area contributed by atoms with Crippen LogP contribution in [-0.2, 0) is 16.0 Å². The van der Waals surface area contributed by atoms with Crippen LogP contribution in [0.25, 0.3) is 10.9 Å². The van der Waals surface area contributed by atoms with Crippen molar-refractivity contribution < 1.29 is 14.3 Å². The highest BCUT2D eigenvalue weighted by Gasteiger charge is 2.25. The molecule has 1 fully saturated rings. The maximum atomic E-state index is 13.2. The van der Waals surface area contributed by atoms with E-state index in [9.17, 15) is 9.59 Å². The summed E-state index contributed by atoms with van der Waals surface area (Å²) in [5, 5.41) is 4.37. The fraction of sp³-hybridized carbons (Fsp3) is 0.294. The summed E-state index contributed by atoms with van der Waals surface area (Å²) in [6.07, 6.45) is 16.2. The number of benzene rings is 2. The van der Waals surface area contributed by atoms with Crippen LogP contribution in [0.1, 0.15) is 46.7 Å². The number of ketones is 1. The molecular weight excluding hydrogens is 512 g/mol. The number of aromatic amines is 1. The fourth-order valence-corrected chi connectivity index (χ4v) is 5.98. The van der Waals surface area contributed by atoms with Gasteiger partial charge in [-0.2, -0.15) is 0 Å². The number of ether oxygens (including phenoxy) is 1. The van der Waals surface area contributed by atoms with Crippen molar-refractivity contribution >= 4 is 22.6 Å². The van der Waals surface area contributed by atoms with Gasteiger partial charge in [-0.25, -0.2) is 0 Å². The predicted molar refractivity (Wildman–Crippen MR) is 161 cm³/mol. The molecule has 2 aliphatic heterocycles. The Hall–Kier alpha value is -4.36. The lowest BCUT2D eigenvalue weighted by Gasteiger charge is -2.34. The Bertz CT molecular complexity index is 1540. The number of nitrogens with zero attached hydrogens (tertiary/aromatic N) is 2. The van der Waals surface area contributed by atoms with Crippen LogP contribution < -0.4 is 5.32 Å². The van der Waals surface area contributed by atoms with E-state index in [-0.39, 0.29) is 11.7 Å². The van der Waals surface area contributed by atoms with Crippen LogP contribution in [0.2, 0.25) is 0 Å². The number of likely N-dealkylation sites (tertiary alicyclic amines) is 1. The van der Waals surface area contributed by atoms with E-state index >= 15 is 0 Å². The molecule has 0 unspecified atom stereocenters. The van der Waals surface area contributed by atoms with Gasteiger partial charge in [0, 0.05) is 66.7 Å². The zero-order valence-corrected chi connectivity index (χ0v) is 23.2. The number of amides is 1. The number of carbonyl (C=O) groups excluding carboxylic acids is 2. The molecule has 0 radical (unpaired) electrons. The Balaban J connectivity index is 0.997. The molecule has 3 aliphatic rings. The Morgan fingerprint density at radius 3 is 2.76 bits per heavy atom. The molecule has 41 heavy (non-hydrogen) atoms. The first-order valence-corrected chi connectivity index (χ1v) is 14.5. The highest BCUT2D eigenvalue weighted by Crippen LogP contribution is 2.31. The number of piperidine rings is 1. The van der Waals surface area contributed by atoms with Crippen molar-refractivity contribution in [3.8, 4) is 0 Å². The van der Waals surface area contributed by atoms with Crippen LogP contribution in [0, 0.1) is 0 Å². The molecule has 6 rings (SSSR count). The number of fused-ring (bicyclic) bond motifs is 1. The molecule has 1 saturated heterocycles. The second-order valence-corrected chi connectivity index (χ2v) is 10.9. The summed E-state index contributed by atoms with van der Waals surface area (Å²) in [6.45, 7) is 4.38. The van der Waals surface area contributed by atoms with Gasteiger partial charge in [0.15, 0.2) is 5.78 Å². The lowest BCUT2D eigenvalue weighted by molar-refractivity contribution is -0.114. The van der Waals surface area contributed by atoms with Crippen LogP contribution in [0.5, 0.6) is 0 Å². The van der Waals surface area contributed by atoms with Crippen molar-refractivity contribution in [1.82, 2.24) is 20.1 Å². The third-order valence-corrected chi connectivity index (χ3v) is 8.25. The molecule has 0 saturated carbocycles. The van der Waals surface area contributed by atoms with Gasteiger partial charge < -0.3 is 24.8 Å². The van der Waals surface area contributed by atoms with Gasteiger partial charge in [-0.15, -0.1) is 0 Å². The van der Waals surface area contributed by atoms with E-state index in [0.717, 1.165) is 73.4 Å². The van der Waals surface area contributed by atoms with Gasteiger partial charge in [-0.05, 0) is 67.6 Å². The van der Waals surface area contributed by atoms with Gasteiger partial charge >= 0.3 is 0 Å². The summed E-state index contributed by atoms with van der Waals surface area (Å²) in [5.74, 6) is 1.22. The third-order valence-electron chi connectivity index (χ3n) is 8.25. The average molecular weight is 549 g/mol. The third kappa shape index (κ3) is 6.36. The van der Waals surface area contributed by atoms with Crippen LogP contribution in [0.4, 0.5) is 0 Å². The molecule has 7 nitrogen and oxygen atoms in total. The number of hydrogen-bond acceptors (Lipinski definition) is 5. The number of H-pyrrole nitrogens is 1. The van der Waals surface area contributed by atoms with Crippen LogP contribution in [-0.4, -0.2) is 59.2 Å². The van der Waals surface area contributed by atoms with Gasteiger partial charge in [0.2, 0.25) is 0 Å². The van der Waals surface area contributed by atoms with Crippen LogP contribution in [0.15, 0.2) is 103 Å². The molecule has 1 aliphatic carbocycles. The zero-order valence-electron chi connectivity index (χ0n) is 23.2. The maximum Gasteiger partial charge on any atom is 0.251 e. The molecule has 7 heteroatoms. The summed E-state index contributed by atoms with van der Waals surface area (Å²) in [7, 11) is 0. The quantitative estimate of drug-likeness (QED) is 0.374. The van der Waals surface area contributed by atoms with Gasteiger partial charge in [0.25, 0.3) is 5.91 Å². The standard InChI is InChI=1S/C34H36N4O3/c39-28-7-5-6-26(22-28)33-24-38(20-21-41-33)19-18-37-16-13-25(14-17-37)29-8-1-2-10-31(29)34(40)35-15-12-27-23-36-32-11-4-3-9-30(27)32/h1-11,20-21,23-25,36H,12-19,22H2,(H,35,40). The molecule has 2 N–H and O–H groups in total. The molecular formula is C34H36N4O3. The Kier molecular flexibility index (Phi) is 8.14. The molecule has 1 aromatic heterocycles. The van der Waals surface area contributed by atoms with Crippen molar-refractivity contribution in [3.05, 3.63) is 120 Å². The lowest BCUT2D eigenvalue weighted by atomic mass is 9.86. The van der Waals surface area contributed by atoms with E-state index in [4.69, 9.17) is 4.74 Å². The van der Waals surface area contributed by atoms with Gasteiger partial charge in [0.1, 0.15) is 12.0 Å². The number of nitrogens with one attached hydrogen (secondary N) is 2. The first kappa shape index (κ1) is 26.8. The topological polar surface area (TPSA) is 77.7 Å². The van der Waals surface area contributed by atoms with E-state index < -0.39 is 0 Å². The minimum Gasteiger partial charge on any atom is -0.462 e. The lowest BCUT2D eigenvalue weighted by Crippen LogP contribution is -2.38. The molecule has 2 aromatic carbocycles.